The molecule has 0 aliphatic carbocycles. The number of benzene rings is 3. The van der Waals surface area contributed by atoms with Gasteiger partial charge >= 0.3 is 0 Å². The van der Waals surface area contributed by atoms with Gasteiger partial charge < -0.3 is 29.6 Å². The Morgan fingerprint density at radius 3 is 2.57 bits per heavy atom. The zero-order valence-corrected chi connectivity index (χ0v) is 27.9. The summed E-state index contributed by atoms with van der Waals surface area (Å²) >= 11 is 0. The highest BCUT2D eigenvalue weighted by molar-refractivity contribution is 7.89. The molecule has 1 aliphatic rings. The van der Waals surface area contributed by atoms with Gasteiger partial charge in [-0.25, -0.2) is 13.4 Å². The molecule has 0 unspecified atom stereocenters. The highest BCUT2D eigenvalue weighted by Gasteiger charge is 2.32. The Kier molecular flexibility index (Phi) is 10.1. The second kappa shape index (κ2) is 14.6. The number of hydrogen-bond donors (Lipinski definition) is 3. The van der Waals surface area contributed by atoms with Crippen molar-refractivity contribution in [2.24, 2.45) is 0 Å². The fourth-order valence-corrected chi connectivity index (χ4v) is 7.30. The minimum Gasteiger partial charge on any atom is -0.497 e. The normalized spacial score (nSPS) is 16.4. The van der Waals surface area contributed by atoms with E-state index < -0.39 is 28.8 Å². The first-order valence-corrected chi connectivity index (χ1v) is 17.2. The molecule has 1 aliphatic heterocycles. The zero-order valence-electron chi connectivity index (χ0n) is 27.0. The summed E-state index contributed by atoms with van der Waals surface area (Å²) in [5, 5.41) is 13.4. The summed E-state index contributed by atoms with van der Waals surface area (Å²) in [5.41, 5.74) is 3.18. The van der Waals surface area contributed by atoms with E-state index in [9.17, 15) is 23.1 Å². The Morgan fingerprint density at radius 1 is 1.08 bits per heavy atom. The number of amides is 1. The number of methoxy groups -OCH3 is 1. The van der Waals surface area contributed by atoms with E-state index >= 15 is 0 Å². The van der Waals surface area contributed by atoms with E-state index in [1.807, 2.05) is 48.5 Å². The van der Waals surface area contributed by atoms with E-state index in [0.717, 1.165) is 31.8 Å². The van der Waals surface area contributed by atoms with E-state index in [2.05, 4.69) is 15.3 Å². The van der Waals surface area contributed by atoms with Crippen molar-refractivity contribution < 1.29 is 37.3 Å². The number of para-hydroxylation sites is 3. The van der Waals surface area contributed by atoms with E-state index in [1.165, 1.54) is 26.2 Å². The second-order valence-electron chi connectivity index (χ2n) is 11.5. The van der Waals surface area contributed by atoms with E-state index in [1.54, 1.807) is 29.0 Å². The van der Waals surface area contributed by atoms with Gasteiger partial charge in [-0.2, -0.15) is 4.31 Å². The van der Waals surface area contributed by atoms with Gasteiger partial charge in [0, 0.05) is 43.9 Å². The maximum Gasteiger partial charge on any atom is 0.286 e. The first-order chi connectivity index (χ1) is 23.7. The molecular weight excluding hydrogens is 650 g/mol. The van der Waals surface area contributed by atoms with E-state index in [0.29, 0.717) is 11.6 Å². The van der Waals surface area contributed by atoms with Crippen LogP contribution in [0.2, 0.25) is 0 Å². The van der Waals surface area contributed by atoms with Crippen LogP contribution < -0.4 is 10.1 Å². The average Bonchev–Trinajstić information content (AvgIpc) is 3.72. The number of sulfonamides is 1. The lowest BCUT2D eigenvalue weighted by Gasteiger charge is -2.30. The number of allylic oxidation sites excluding steroid dienone is 1. The molecule has 0 fully saturated rings. The molecule has 256 valence electrons. The Balaban J connectivity index is 1.22. The largest absolute Gasteiger partial charge is 0.497 e. The van der Waals surface area contributed by atoms with Crippen molar-refractivity contribution in [3.63, 3.8) is 0 Å². The van der Waals surface area contributed by atoms with Crippen LogP contribution in [0.15, 0.2) is 95.7 Å². The number of aromatic nitrogens is 3. The average molecular weight is 688 g/mol. The molecule has 1 amide bonds. The first kappa shape index (κ1) is 33.9. The van der Waals surface area contributed by atoms with Crippen LogP contribution in [-0.4, -0.2) is 83.9 Å². The highest BCUT2D eigenvalue weighted by Crippen LogP contribution is 2.36. The Bertz CT molecular complexity index is 2070. The molecule has 0 saturated heterocycles. The minimum atomic E-state index is -3.96. The van der Waals surface area contributed by atoms with Gasteiger partial charge in [0.05, 0.1) is 48.3 Å². The molecule has 0 saturated carbocycles. The quantitative estimate of drug-likeness (QED) is 0.166. The fourth-order valence-electron chi connectivity index (χ4n) is 5.88. The molecule has 2 aromatic heterocycles. The van der Waals surface area contributed by atoms with Gasteiger partial charge in [-0.05, 0) is 54.1 Å². The molecule has 13 nitrogen and oxygen atoms in total. The van der Waals surface area contributed by atoms with E-state index in [-0.39, 0.29) is 55.1 Å². The van der Waals surface area contributed by atoms with E-state index in [4.69, 9.17) is 14.2 Å². The number of hydrogen-bond acceptors (Lipinski definition) is 9. The van der Waals surface area contributed by atoms with Crippen molar-refractivity contribution >= 4 is 43.8 Å². The van der Waals surface area contributed by atoms with Crippen molar-refractivity contribution in [3.05, 3.63) is 102 Å². The van der Waals surface area contributed by atoms with Crippen LogP contribution in [0.5, 0.6) is 5.75 Å². The number of aliphatic hydroxyl groups excluding tert-OH is 1. The van der Waals surface area contributed by atoms with Crippen molar-refractivity contribution in [1.29, 1.82) is 0 Å². The number of carbonyl (C=O) groups is 2. The predicted molar refractivity (Wildman–Crippen MR) is 181 cm³/mol. The van der Waals surface area contributed by atoms with Crippen LogP contribution in [0.4, 0.5) is 0 Å². The summed E-state index contributed by atoms with van der Waals surface area (Å²) in [6.45, 7) is 0.891. The molecule has 2 atom stereocenters. The van der Waals surface area contributed by atoms with Gasteiger partial charge in [-0.15, -0.1) is 0 Å². The summed E-state index contributed by atoms with van der Waals surface area (Å²) in [5.74, 6) is 0.0804. The standard InChI is InChI=1S/C35H37N5O8S/c1-23(42)40-22-28(27-7-3-6-10-31(27)40)24-19-32(35(43)36-21-33-37-29-8-4-5-9-30(29)38-33)48-34(20-24)47-18-16-39(15-17-41)49(44,45)26-13-11-25(46-2)12-14-26/h3-14,19,22,24,34,41H,15-18,20-21H2,1-2H3,(H,36,43)(H,37,38)/t24-,34+/m0/s1. The van der Waals surface area contributed by atoms with Gasteiger partial charge in [0.15, 0.2) is 5.76 Å². The number of fused-ring (bicyclic) bond motifs is 2. The lowest BCUT2D eigenvalue weighted by molar-refractivity contribution is -0.146. The Morgan fingerprint density at radius 2 is 1.84 bits per heavy atom. The fraction of sp³-hybridized carbons (Fsp3) is 0.286. The van der Waals surface area contributed by atoms with Crippen LogP contribution in [0.25, 0.3) is 21.9 Å². The summed E-state index contributed by atoms with van der Waals surface area (Å²) < 4.78 is 46.8. The molecule has 0 spiro atoms. The molecule has 5 aromatic rings. The predicted octanol–water partition coefficient (Wildman–Crippen LogP) is 3.92. The number of imidazole rings is 1. The van der Waals surface area contributed by atoms with Crippen LogP contribution in [0.3, 0.4) is 0 Å². The summed E-state index contributed by atoms with van der Waals surface area (Å²) in [6, 6.07) is 21.0. The number of nitrogens with one attached hydrogen (secondary N) is 2. The zero-order chi connectivity index (χ0) is 34.5. The van der Waals surface area contributed by atoms with Crippen molar-refractivity contribution in [2.75, 3.05) is 33.4 Å². The van der Waals surface area contributed by atoms with Gasteiger partial charge in [0.25, 0.3) is 5.91 Å². The lowest BCUT2D eigenvalue weighted by atomic mass is 9.92. The number of aliphatic hydroxyl groups is 1. The van der Waals surface area contributed by atoms with Crippen molar-refractivity contribution in [2.45, 2.75) is 37.0 Å². The third kappa shape index (κ3) is 7.37. The third-order valence-corrected chi connectivity index (χ3v) is 10.2. The second-order valence-corrected chi connectivity index (χ2v) is 13.4. The maximum atomic E-state index is 13.5. The van der Waals surface area contributed by atoms with Crippen LogP contribution in [-0.2, 0) is 30.8 Å². The number of H-pyrrole nitrogens is 1. The summed E-state index contributed by atoms with van der Waals surface area (Å²) in [4.78, 5) is 33.7. The first-order valence-electron chi connectivity index (χ1n) is 15.8. The van der Waals surface area contributed by atoms with Gasteiger partial charge in [-0.3, -0.25) is 14.2 Å². The third-order valence-electron chi connectivity index (χ3n) is 8.31. The number of carbonyl (C=O) groups excluding carboxylic acids is 2. The molecule has 0 bridgehead atoms. The van der Waals surface area contributed by atoms with Crippen LogP contribution in [0.1, 0.15) is 35.4 Å². The molecular formula is C35H37N5O8S. The number of ether oxygens (including phenoxy) is 3. The van der Waals surface area contributed by atoms with Crippen molar-refractivity contribution in [1.82, 2.24) is 24.2 Å². The Labute approximate surface area is 283 Å². The van der Waals surface area contributed by atoms with Gasteiger partial charge in [-0.1, -0.05) is 30.3 Å². The minimum absolute atomic E-state index is 0.0232. The molecule has 3 N–H and O–H groups in total. The number of aromatic amines is 1. The van der Waals surface area contributed by atoms with Crippen LogP contribution in [0, 0.1) is 0 Å². The molecule has 3 aromatic carbocycles. The Hall–Kier alpha value is -5.02. The smallest absolute Gasteiger partial charge is 0.286 e. The molecule has 14 heteroatoms. The maximum absolute atomic E-state index is 13.5. The summed E-state index contributed by atoms with van der Waals surface area (Å²) in [7, 11) is -2.48. The molecule has 49 heavy (non-hydrogen) atoms. The number of nitrogens with zero attached hydrogens (tertiary/aromatic N) is 3. The number of rotatable bonds is 13. The van der Waals surface area contributed by atoms with Crippen LogP contribution >= 0.6 is 0 Å². The molecule has 6 rings (SSSR count). The lowest BCUT2D eigenvalue weighted by Crippen LogP contribution is -2.38. The summed E-state index contributed by atoms with van der Waals surface area (Å²) in [6.07, 6.45) is 2.84. The monoisotopic (exact) mass is 687 g/mol. The van der Waals surface area contributed by atoms with Gasteiger partial charge in [0.2, 0.25) is 22.2 Å². The van der Waals surface area contributed by atoms with Gasteiger partial charge in [0.1, 0.15) is 11.6 Å². The highest BCUT2D eigenvalue weighted by atomic mass is 32.2. The topological polar surface area (TPSA) is 165 Å². The van der Waals surface area contributed by atoms with Crippen molar-refractivity contribution in [3.8, 4) is 5.75 Å². The molecule has 0 radical (unpaired) electrons. The molecule has 3 heterocycles. The SMILES string of the molecule is COc1ccc(S(=O)(=O)N(CCO)CCO[C@H]2C[C@@H](c3cn(C(C)=O)c4ccccc34)C=C(C(=O)NCc3nc4ccccc4[nH]3)O2)cc1.